The van der Waals surface area contributed by atoms with Gasteiger partial charge in [0.05, 0.1) is 38.6 Å². The van der Waals surface area contributed by atoms with Crippen LogP contribution < -0.4 is 16.0 Å². The lowest BCUT2D eigenvalue weighted by Crippen LogP contribution is -2.64. The summed E-state index contributed by atoms with van der Waals surface area (Å²) < 4.78 is 120. The third kappa shape index (κ3) is 21.3. The van der Waals surface area contributed by atoms with Crippen LogP contribution in [0, 0.1) is 41.4 Å². The number of likely N-dealkylation sites (N-methyl/N-ethyl adjacent to an activating group) is 6. The molecule has 2 bridgehead atoms. The highest BCUT2D eigenvalue weighted by atomic mass is 19.4. The molecule has 3 N–H and O–H groups in total. The molecule has 7 aliphatic rings. The Morgan fingerprint density at radius 3 is 1.75 bits per heavy atom. The van der Waals surface area contributed by atoms with Gasteiger partial charge in [0.2, 0.25) is 70.9 Å². The first-order valence-electron chi connectivity index (χ1n) is 38.0. The minimum atomic E-state index is -5.20. The van der Waals surface area contributed by atoms with Crippen molar-refractivity contribution in [2.75, 3.05) is 94.8 Å². The summed E-state index contributed by atoms with van der Waals surface area (Å²) in [5, 5.41) is 8.23. The Morgan fingerprint density at radius 2 is 1.16 bits per heavy atom. The van der Waals surface area contributed by atoms with Crippen LogP contribution in [0.4, 0.5) is 35.1 Å². The highest BCUT2D eigenvalue weighted by Crippen LogP contribution is 2.45. The van der Waals surface area contributed by atoms with Gasteiger partial charge in [-0.15, -0.1) is 0 Å². The fourth-order valence-corrected chi connectivity index (χ4v) is 16.8. The molecule has 600 valence electrons. The topological polar surface area (TPSA) is 279 Å². The number of fused-ring (bicyclic) bond motifs is 3. The first-order valence-corrected chi connectivity index (χ1v) is 38.0. The van der Waals surface area contributed by atoms with Crippen molar-refractivity contribution < 1.29 is 97.4 Å². The Balaban J connectivity index is 1.29. The molecular weight excluding hydrogens is 1400 g/mol. The molecule has 106 heavy (non-hydrogen) atoms. The van der Waals surface area contributed by atoms with Crippen LogP contribution in [-0.4, -0.2) is 288 Å². The van der Waals surface area contributed by atoms with Crippen LogP contribution in [0.2, 0.25) is 0 Å². The maximum atomic E-state index is 15.5. The molecule has 4 saturated heterocycles. The average Bonchev–Trinajstić information content (AvgIpc) is 1.42. The molecule has 0 radical (unpaired) electrons. The zero-order chi connectivity index (χ0) is 78.8. The van der Waals surface area contributed by atoms with Crippen LogP contribution in [0.1, 0.15) is 176 Å². The summed E-state index contributed by atoms with van der Waals surface area (Å²) in [6.45, 7) is 8.75. The summed E-state index contributed by atoms with van der Waals surface area (Å²) in [4.78, 5) is 191. The van der Waals surface area contributed by atoms with E-state index in [-0.39, 0.29) is 116 Å². The fourth-order valence-electron chi connectivity index (χ4n) is 16.8. The number of nitrogens with zero attached hydrogens (tertiary/aromatic N) is 9. The van der Waals surface area contributed by atoms with E-state index in [4.69, 9.17) is 4.74 Å². The maximum absolute atomic E-state index is 15.5. The average molecular weight is 1520 g/mol. The van der Waals surface area contributed by atoms with Gasteiger partial charge in [0.25, 0.3) is 0 Å². The number of alkyl halides is 8. The molecule has 33 heteroatoms. The number of morpholine rings is 1. The second-order valence-electron chi connectivity index (χ2n) is 31.9. The Bertz CT molecular complexity index is 3120. The van der Waals surface area contributed by atoms with E-state index in [0.717, 1.165) is 24.5 Å². The quantitative estimate of drug-likeness (QED) is 0.207. The molecule has 3 aliphatic carbocycles. The van der Waals surface area contributed by atoms with Crippen molar-refractivity contribution in [3.63, 3.8) is 0 Å². The van der Waals surface area contributed by atoms with Crippen LogP contribution in [0.15, 0.2) is 0 Å². The Hall–Kier alpha value is -6.96. The van der Waals surface area contributed by atoms with Crippen molar-refractivity contribution in [1.82, 2.24) is 60.0 Å². The van der Waals surface area contributed by atoms with E-state index in [1.54, 1.807) is 13.8 Å². The zero-order valence-electron chi connectivity index (χ0n) is 63.7. The van der Waals surface area contributed by atoms with Gasteiger partial charge in [0.1, 0.15) is 72.1 Å². The summed E-state index contributed by atoms with van der Waals surface area (Å²) in [5.41, 5.74) is -1.87. The number of nitrogens with one attached hydrogen (secondary N) is 3. The van der Waals surface area contributed by atoms with E-state index in [1.165, 1.54) is 75.7 Å². The maximum Gasteiger partial charge on any atom is 0.397 e. The molecule has 0 aromatic carbocycles. The molecule has 4 aliphatic heterocycles. The van der Waals surface area contributed by atoms with Crippen molar-refractivity contribution in [1.29, 1.82) is 0 Å². The lowest BCUT2D eigenvalue weighted by Gasteiger charge is -2.41. The molecule has 0 aromatic rings. The zero-order valence-corrected chi connectivity index (χ0v) is 63.7. The Labute approximate surface area is 617 Å². The molecule has 0 spiro atoms. The van der Waals surface area contributed by atoms with E-state index in [1.807, 2.05) is 13.8 Å². The molecule has 2 unspecified atom stereocenters. The monoisotopic (exact) mass is 1520 g/mol. The SMILES string of the molecule is CC[C@H](C)[C@@H]1NC(=O)[C@H](CC(C)C)N(C)C(=O)C[C@@H](C(=O)N2CCOCC2)N(C)C(=O)[C@H](C2CCCC2)N(C)C(=O)C(C)(C)NC(=O)[C@@H]2CCCN2C(=O)[C@H](CCC2CC(F)C(C(F)(F)F)C(F)C2)NC(=O)CN(C)C(=O)[C@H](CC2CCC(C(F)(F)F)CC2)N2CCCC[C@@H](C2=O)N(C)C(=O)CN(C)C1=O. The minimum absolute atomic E-state index is 0.00201. The van der Waals surface area contributed by atoms with E-state index in [2.05, 4.69) is 16.0 Å². The molecular formula is C73H114F8N12O13. The molecule has 12 amide bonds. The van der Waals surface area contributed by atoms with Crippen molar-refractivity contribution in [2.45, 2.75) is 255 Å². The number of amides is 12. The van der Waals surface area contributed by atoms with Crippen LogP contribution in [0.3, 0.4) is 0 Å². The molecule has 7 rings (SSSR count). The van der Waals surface area contributed by atoms with E-state index in [0.29, 0.717) is 38.5 Å². The van der Waals surface area contributed by atoms with Crippen LogP contribution in [0.5, 0.6) is 0 Å². The predicted octanol–water partition coefficient (Wildman–Crippen LogP) is 5.80. The lowest BCUT2D eigenvalue weighted by atomic mass is 9.76. The molecule has 11 atom stereocenters. The first-order chi connectivity index (χ1) is 49.6. The predicted molar refractivity (Wildman–Crippen MR) is 372 cm³/mol. The second-order valence-corrected chi connectivity index (χ2v) is 31.9. The molecule has 7 fully saturated rings. The van der Waals surface area contributed by atoms with Gasteiger partial charge in [-0.2, -0.15) is 26.3 Å². The number of carbonyl (C=O) groups is 12. The van der Waals surface area contributed by atoms with E-state index >= 15 is 37.5 Å². The standard InChI is InChI=1S/C73H114F8N12O13/c1-13-43(4)60-68(103)86(8)41-58(96)87(9)52-21-16-17-29-93(67(52)102)55(38-44-23-26-47(27-24-44)72(76,77)78)65(100)85(7)40-56(94)82-50(28-25-45-36-48(74)59(49(75)37-45)73(79,80)81)64(99)92-30-18-22-51(92)63(98)84-71(5,6)70(105)90(12)61(46-19-14-15-20-46)69(104)89(11)54(66(101)91-31-33-106-34-32-91)39-57(95)88(10)53(35-42(2)3)62(97)83-60/h42-55,59-61H,13-41H2,1-12H3,(H,82,94)(H,83,97)(H,84,98)/t43-,44?,45?,47?,48?,49?,50-,51-,52-,53-,54-,55-,59?,60-,61-/m0/s1. The summed E-state index contributed by atoms with van der Waals surface area (Å²) in [6.07, 6.45) is -15.0. The number of hydrogen-bond acceptors (Lipinski definition) is 13. The number of ether oxygens (including phenoxy) is 1. The van der Waals surface area contributed by atoms with Crippen molar-refractivity contribution in [2.24, 2.45) is 41.4 Å². The molecule has 3 saturated carbocycles. The van der Waals surface area contributed by atoms with Gasteiger partial charge in [-0.05, 0) is 153 Å². The third-order valence-electron chi connectivity index (χ3n) is 23.4. The van der Waals surface area contributed by atoms with Gasteiger partial charge in [-0.25, -0.2) is 8.78 Å². The van der Waals surface area contributed by atoms with Gasteiger partial charge in [-0.3, -0.25) is 57.5 Å². The van der Waals surface area contributed by atoms with Crippen molar-refractivity contribution >= 4 is 70.9 Å². The highest BCUT2D eigenvalue weighted by Gasteiger charge is 2.55. The van der Waals surface area contributed by atoms with Gasteiger partial charge in [0.15, 0.2) is 0 Å². The summed E-state index contributed by atoms with van der Waals surface area (Å²) in [5.74, 6) is -16.8. The van der Waals surface area contributed by atoms with Crippen LogP contribution in [-0.2, 0) is 62.3 Å². The van der Waals surface area contributed by atoms with Crippen LogP contribution in [0.25, 0.3) is 0 Å². The third-order valence-corrected chi connectivity index (χ3v) is 23.4. The Morgan fingerprint density at radius 1 is 0.575 bits per heavy atom. The summed E-state index contributed by atoms with van der Waals surface area (Å²) >= 11 is 0. The largest absolute Gasteiger partial charge is 0.397 e. The summed E-state index contributed by atoms with van der Waals surface area (Å²) in [6, 6.07) is -11.1. The Kier molecular flexibility index (Phi) is 30.1. The summed E-state index contributed by atoms with van der Waals surface area (Å²) in [7, 11) is 8.02. The number of hydrogen-bond donors (Lipinski definition) is 3. The normalized spacial score (nSPS) is 31.8. The van der Waals surface area contributed by atoms with Gasteiger partial charge in [0, 0.05) is 68.5 Å². The van der Waals surface area contributed by atoms with Gasteiger partial charge < -0.3 is 64.8 Å². The number of rotatable bonds is 11. The highest BCUT2D eigenvalue weighted by molar-refractivity contribution is 6.00. The second kappa shape index (κ2) is 37.0. The van der Waals surface area contributed by atoms with Crippen LogP contribution >= 0.6 is 0 Å². The van der Waals surface area contributed by atoms with Crippen molar-refractivity contribution in [3.05, 3.63) is 0 Å². The van der Waals surface area contributed by atoms with E-state index in [9.17, 15) is 55.1 Å². The first kappa shape index (κ1) is 86.3. The van der Waals surface area contributed by atoms with E-state index < -0.39 is 224 Å². The van der Waals surface area contributed by atoms with Gasteiger partial charge in [-0.1, -0.05) is 47.0 Å². The lowest BCUT2D eigenvalue weighted by molar-refractivity contribution is -0.219. The molecule has 4 heterocycles. The smallest absolute Gasteiger partial charge is 0.378 e. The molecule has 0 aromatic heterocycles. The minimum Gasteiger partial charge on any atom is -0.378 e. The van der Waals surface area contributed by atoms with Crippen molar-refractivity contribution in [3.8, 4) is 0 Å². The van der Waals surface area contributed by atoms with Gasteiger partial charge >= 0.3 is 12.4 Å². The fraction of sp³-hybridized carbons (Fsp3) is 0.836. The number of halogens is 8. The molecule has 25 nitrogen and oxygen atoms in total. The number of carbonyl (C=O) groups excluding carboxylic acids is 12.